The van der Waals surface area contributed by atoms with Crippen LogP contribution in [0.15, 0.2) is 104 Å². The number of aryl methyl sites for hydroxylation is 1. The lowest BCUT2D eigenvalue weighted by molar-refractivity contribution is -0.658. The number of aromatic nitrogens is 4. The smallest absolute Gasteiger partial charge is 0.240 e. The van der Waals surface area contributed by atoms with E-state index in [1.807, 2.05) is 6.20 Å². The van der Waals surface area contributed by atoms with Gasteiger partial charge in [-0.05, 0) is 28.5 Å². The SMILES string of the molecule is Cc1c[n+]2c3c(n1)c1ccccc1c1cccc(c13)C2.c1ccc2c(c1)c1cccc3c1c1c2ncc[n+]1C3. The Morgan fingerprint density at radius 3 is 1.77 bits per heavy atom. The summed E-state index contributed by atoms with van der Waals surface area (Å²) in [6, 6.07) is 30.4. The molecule has 10 rings (SSSR count). The minimum atomic E-state index is 0.960. The van der Waals surface area contributed by atoms with Crippen LogP contribution in [0.1, 0.15) is 16.8 Å². The van der Waals surface area contributed by atoms with Gasteiger partial charge in [0.05, 0.1) is 17.0 Å². The van der Waals surface area contributed by atoms with Crippen LogP contribution in [-0.4, -0.2) is 9.97 Å². The van der Waals surface area contributed by atoms with Crippen LogP contribution >= 0.6 is 0 Å². The Morgan fingerprint density at radius 1 is 0.564 bits per heavy atom. The molecular weight excluding hydrogens is 476 g/mol. The largest absolute Gasteiger partial charge is 0.243 e. The van der Waals surface area contributed by atoms with E-state index in [0.29, 0.717) is 0 Å². The van der Waals surface area contributed by atoms with E-state index in [0.717, 1.165) is 29.8 Å². The maximum Gasteiger partial charge on any atom is 0.240 e. The second-order valence-electron chi connectivity index (χ2n) is 10.7. The van der Waals surface area contributed by atoms with E-state index in [1.54, 1.807) is 0 Å². The first-order chi connectivity index (χ1) is 19.3. The van der Waals surface area contributed by atoms with Crippen molar-refractivity contribution in [2.45, 2.75) is 20.0 Å². The molecule has 4 heteroatoms. The van der Waals surface area contributed by atoms with Gasteiger partial charge in [-0.15, -0.1) is 0 Å². The van der Waals surface area contributed by atoms with Crippen molar-refractivity contribution in [3.05, 3.63) is 120 Å². The molecule has 2 aliphatic rings. The van der Waals surface area contributed by atoms with Gasteiger partial charge in [0.15, 0.2) is 25.5 Å². The molecule has 4 nitrogen and oxygen atoms in total. The van der Waals surface area contributed by atoms with Crippen LogP contribution in [0.5, 0.6) is 0 Å². The zero-order chi connectivity index (χ0) is 25.7. The zero-order valence-corrected chi connectivity index (χ0v) is 21.5. The van der Waals surface area contributed by atoms with Crippen molar-refractivity contribution in [2.24, 2.45) is 0 Å². The lowest BCUT2D eigenvalue weighted by Crippen LogP contribution is -2.32. The highest BCUT2D eigenvalue weighted by Crippen LogP contribution is 2.37. The molecular formula is C35H24N4+2. The molecule has 0 radical (unpaired) electrons. The predicted octanol–water partition coefficient (Wildman–Crippen LogP) is 6.69. The molecule has 2 aliphatic heterocycles. The van der Waals surface area contributed by atoms with Gasteiger partial charge in [0.2, 0.25) is 11.0 Å². The molecule has 0 N–H and O–H groups in total. The number of nitrogens with zero attached hydrogens (tertiary/aromatic N) is 4. The Kier molecular flexibility index (Phi) is 4.07. The van der Waals surface area contributed by atoms with Crippen LogP contribution in [0.2, 0.25) is 0 Å². The lowest BCUT2D eigenvalue weighted by atomic mass is 9.98. The number of rotatable bonds is 0. The van der Waals surface area contributed by atoms with Crippen LogP contribution in [-0.2, 0) is 13.1 Å². The summed E-state index contributed by atoms with van der Waals surface area (Å²) in [6.45, 7) is 4.00. The fraction of sp³-hybridized carbons (Fsp3) is 0.0857. The second kappa shape index (κ2) is 7.55. The van der Waals surface area contributed by atoms with Gasteiger partial charge in [-0.2, -0.15) is 9.13 Å². The molecule has 6 aromatic carbocycles. The Hall–Kier alpha value is -4.96. The third-order valence-corrected chi connectivity index (χ3v) is 8.51. The van der Waals surface area contributed by atoms with Crippen molar-refractivity contribution in [3.8, 4) is 0 Å². The van der Waals surface area contributed by atoms with Crippen molar-refractivity contribution in [1.82, 2.24) is 9.97 Å². The molecule has 0 amide bonds. The molecule has 2 aromatic heterocycles. The van der Waals surface area contributed by atoms with E-state index in [1.165, 1.54) is 65.3 Å². The van der Waals surface area contributed by atoms with Gasteiger partial charge in [-0.1, -0.05) is 84.9 Å². The highest BCUT2D eigenvalue weighted by molar-refractivity contribution is 6.24. The molecule has 39 heavy (non-hydrogen) atoms. The Morgan fingerprint density at radius 2 is 1.10 bits per heavy atom. The Labute approximate surface area is 224 Å². The summed E-state index contributed by atoms with van der Waals surface area (Å²) >= 11 is 0. The van der Waals surface area contributed by atoms with Gasteiger partial charge in [-0.25, -0.2) is 9.97 Å². The van der Waals surface area contributed by atoms with Gasteiger partial charge in [-0.3, -0.25) is 0 Å². The van der Waals surface area contributed by atoms with Crippen LogP contribution < -0.4 is 9.13 Å². The summed E-state index contributed by atoms with van der Waals surface area (Å²) in [5, 5.41) is 10.6. The fourth-order valence-electron chi connectivity index (χ4n) is 7.00. The number of hydrogen-bond donors (Lipinski definition) is 0. The molecule has 0 atom stereocenters. The minimum absolute atomic E-state index is 0.960. The van der Waals surface area contributed by atoms with E-state index in [-0.39, 0.29) is 0 Å². The first-order valence-corrected chi connectivity index (χ1v) is 13.5. The molecule has 0 saturated carbocycles. The first kappa shape index (κ1) is 21.0. The standard InChI is InChI=1S/C18H13N2.C17H11N2/c1-11-9-20-10-12-5-4-8-14-13-6-2-3-7-15(13)17(19-11)18(20)16(12)14;1-2-6-14-12(5-1)13-7-3-4-11-10-19-9-8-18-16(14)17(19)15(11)13/h2-9H,10H2,1H3;1-9H,10H2/q2*+1. The average Bonchev–Trinajstić information content (AvgIpc) is 3.55. The number of fused-ring (bicyclic) bond motifs is 6. The Balaban J connectivity index is 0.000000113. The van der Waals surface area contributed by atoms with Crippen LogP contribution in [0, 0.1) is 6.92 Å². The van der Waals surface area contributed by atoms with Gasteiger partial charge in [0.1, 0.15) is 16.7 Å². The summed E-state index contributed by atoms with van der Waals surface area (Å²) in [5.74, 6) is 0. The van der Waals surface area contributed by atoms with Gasteiger partial charge in [0, 0.05) is 21.9 Å². The van der Waals surface area contributed by atoms with Crippen molar-refractivity contribution >= 4 is 65.2 Å². The lowest BCUT2D eigenvalue weighted by Gasteiger charge is -2.05. The van der Waals surface area contributed by atoms with E-state index < -0.39 is 0 Å². The molecule has 0 aliphatic carbocycles. The van der Waals surface area contributed by atoms with Gasteiger partial charge < -0.3 is 0 Å². The van der Waals surface area contributed by atoms with Gasteiger partial charge in [0.25, 0.3) is 0 Å². The van der Waals surface area contributed by atoms with Crippen molar-refractivity contribution in [1.29, 1.82) is 0 Å². The average molecular weight is 501 g/mol. The summed E-state index contributed by atoms with van der Waals surface area (Å²) in [6.07, 6.45) is 6.15. The molecule has 4 heterocycles. The molecule has 0 unspecified atom stereocenters. The van der Waals surface area contributed by atoms with Crippen LogP contribution in [0.4, 0.5) is 0 Å². The number of hydrogen-bond acceptors (Lipinski definition) is 2. The molecule has 182 valence electrons. The Bertz CT molecular complexity index is 2270. The van der Waals surface area contributed by atoms with Crippen molar-refractivity contribution in [2.75, 3.05) is 0 Å². The minimum Gasteiger partial charge on any atom is -0.243 e. The molecule has 0 spiro atoms. The third-order valence-electron chi connectivity index (χ3n) is 8.51. The molecule has 0 bridgehead atoms. The van der Waals surface area contributed by atoms with Crippen molar-refractivity contribution in [3.63, 3.8) is 0 Å². The van der Waals surface area contributed by atoms with E-state index in [4.69, 9.17) is 4.98 Å². The number of benzene rings is 6. The molecule has 0 fully saturated rings. The third kappa shape index (κ3) is 2.78. The monoisotopic (exact) mass is 500 g/mol. The summed E-state index contributed by atoms with van der Waals surface area (Å²) in [5.41, 5.74) is 8.72. The highest BCUT2D eigenvalue weighted by atomic mass is 15.0. The zero-order valence-electron chi connectivity index (χ0n) is 21.5. The maximum absolute atomic E-state index is 4.83. The first-order valence-electron chi connectivity index (χ1n) is 13.5. The normalized spacial score (nSPS) is 13.1. The fourth-order valence-corrected chi connectivity index (χ4v) is 7.00. The second-order valence-corrected chi connectivity index (χ2v) is 10.7. The van der Waals surface area contributed by atoms with Crippen LogP contribution in [0.3, 0.4) is 0 Å². The molecule has 0 saturated heterocycles. The summed E-state index contributed by atoms with van der Waals surface area (Å²) in [7, 11) is 0. The summed E-state index contributed by atoms with van der Waals surface area (Å²) in [4.78, 5) is 9.46. The van der Waals surface area contributed by atoms with E-state index in [9.17, 15) is 0 Å². The molecule has 8 aromatic rings. The topological polar surface area (TPSA) is 33.5 Å². The predicted molar refractivity (Wildman–Crippen MR) is 157 cm³/mol. The summed E-state index contributed by atoms with van der Waals surface area (Å²) < 4.78 is 4.66. The maximum atomic E-state index is 4.83. The van der Waals surface area contributed by atoms with Gasteiger partial charge >= 0.3 is 0 Å². The van der Waals surface area contributed by atoms with Crippen molar-refractivity contribution < 1.29 is 9.13 Å². The quantitative estimate of drug-likeness (QED) is 0.172. The van der Waals surface area contributed by atoms with E-state index in [2.05, 4.69) is 118 Å². The highest BCUT2D eigenvalue weighted by Gasteiger charge is 2.28. The van der Waals surface area contributed by atoms with E-state index >= 15 is 0 Å². The van der Waals surface area contributed by atoms with Crippen LogP contribution in [0.25, 0.3) is 65.2 Å².